The molecule has 1 atom stereocenters. The molecule has 0 aromatic carbocycles. The third-order valence-corrected chi connectivity index (χ3v) is 3.55. The molecular weight excluding hydrogens is 277 g/mol. The first-order valence-corrected chi connectivity index (χ1v) is 6.25. The van der Waals surface area contributed by atoms with Gasteiger partial charge < -0.3 is 5.11 Å². The first-order chi connectivity index (χ1) is 8.77. The van der Waals surface area contributed by atoms with Crippen LogP contribution < -0.4 is 0 Å². The summed E-state index contributed by atoms with van der Waals surface area (Å²) in [7, 11) is 0. The molecule has 0 aliphatic heterocycles. The van der Waals surface area contributed by atoms with E-state index in [4.69, 9.17) is 0 Å². The van der Waals surface area contributed by atoms with Gasteiger partial charge in [-0.3, -0.25) is 4.98 Å². The molecule has 3 nitrogen and oxygen atoms in total. The van der Waals surface area contributed by atoms with Crippen LogP contribution in [-0.2, 0) is 6.18 Å². The molecule has 0 radical (unpaired) electrons. The molecule has 2 heterocycles. The molecule has 0 amide bonds. The lowest BCUT2D eigenvalue weighted by molar-refractivity contribution is -0.137. The summed E-state index contributed by atoms with van der Waals surface area (Å²) in [6.07, 6.45) is -4.54. The largest absolute Gasteiger partial charge is 0.443 e. The molecule has 0 aliphatic carbocycles. The monoisotopic (exact) mass is 288 g/mol. The molecule has 0 spiro atoms. The predicted octanol–water partition coefficient (Wildman–Crippen LogP) is 3.26. The fourth-order valence-electron chi connectivity index (χ4n) is 1.73. The molecule has 2 aromatic rings. The lowest BCUT2D eigenvalue weighted by Gasteiger charge is -2.10. The van der Waals surface area contributed by atoms with Crippen LogP contribution in [0.5, 0.6) is 0 Å². The molecule has 1 N–H and O–H groups in total. The zero-order chi connectivity index (χ0) is 14.2. The second kappa shape index (κ2) is 4.90. The number of alkyl halides is 3. The van der Waals surface area contributed by atoms with Crippen molar-refractivity contribution in [3.05, 3.63) is 45.2 Å². The summed E-state index contributed by atoms with van der Waals surface area (Å²) in [5.74, 6) is 0. The number of aromatic nitrogens is 2. The first kappa shape index (κ1) is 14.0. The average molecular weight is 288 g/mol. The summed E-state index contributed by atoms with van der Waals surface area (Å²) < 4.78 is 37.4. The van der Waals surface area contributed by atoms with Gasteiger partial charge in [0.25, 0.3) is 0 Å². The van der Waals surface area contributed by atoms with Gasteiger partial charge in [0.2, 0.25) is 0 Å². The van der Waals surface area contributed by atoms with E-state index in [2.05, 4.69) is 9.97 Å². The normalized spacial score (nSPS) is 13.6. The van der Waals surface area contributed by atoms with Crippen LogP contribution in [0.4, 0.5) is 13.2 Å². The second-order valence-electron chi connectivity index (χ2n) is 4.15. The molecule has 2 aromatic heterocycles. The van der Waals surface area contributed by atoms with E-state index in [1.807, 2.05) is 0 Å². The molecule has 0 fully saturated rings. The van der Waals surface area contributed by atoms with Crippen molar-refractivity contribution in [1.82, 2.24) is 9.97 Å². The van der Waals surface area contributed by atoms with Crippen molar-refractivity contribution in [1.29, 1.82) is 0 Å². The number of aliphatic hydroxyl groups excluding tert-OH is 1. The summed E-state index contributed by atoms with van der Waals surface area (Å²) in [4.78, 5) is 7.61. The predicted molar refractivity (Wildman–Crippen MR) is 64.9 cm³/mol. The van der Waals surface area contributed by atoms with Crippen molar-refractivity contribution >= 4 is 11.3 Å². The quantitative estimate of drug-likeness (QED) is 0.922. The van der Waals surface area contributed by atoms with Crippen molar-refractivity contribution in [3.8, 4) is 0 Å². The minimum atomic E-state index is -4.48. The van der Waals surface area contributed by atoms with E-state index in [1.54, 1.807) is 26.0 Å². The number of thiazole rings is 1. The lowest BCUT2D eigenvalue weighted by Crippen LogP contribution is -2.03. The maximum absolute atomic E-state index is 12.5. The van der Waals surface area contributed by atoms with Crippen LogP contribution in [0, 0.1) is 13.8 Å². The van der Waals surface area contributed by atoms with E-state index >= 15 is 0 Å². The minimum absolute atomic E-state index is 0.164. The Hall–Kier alpha value is -1.47. The molecule has 0 aliphatic rings. The highest BCUT2D eigenvalue weighted by molar-refractivity contribution is 7.11. The second-order valence-corrected chi connectivity index (χ2v) is 5.21. The molecule has 0 saturated heterocycles. The van der Waals surface area contributed by atoms with E-state index in [-0.39, 0.29) is 4.88 Å². The number of halogens is 3. The number of hydrogen-bond donors (Lipinski definition) is 1. The first-order valence-electron chi connectivity index (χ1n) is 5.43. The van der Waals surface area contributed by atoms with Gasteiger partial charge in [0, 0.05) is 17.6 Å². The summed E-state index contributed by atoms with van der Waals surface area (Å²) in [5, 5.41) is 9.14. The Kier molecular flexibility index (Phi) is 3.60. The van der Waals surface area contributed by atoms with Crippen molar-refractivity contribution < 1.29 is 18.3 Å². The van der Waals surface area contributed by atoms with E-state index in [1.165, 1.54) is 0 Å². The van der Waals surface area contributed by atoms with Gasteiger partial charge >= 0.3 is 6.18 Å². The molecule has 19 heavy (non-hydrogen) atoms. The zero-order valence-electron chi connectivity index (χ0n) is 10.2. The highest BCUT2D eigenvalue weighted by Crippen LogP contribution is 2.36. The van der Waals surface area contributed by atoms with Crippen LogP contribution in [0.25, 0.3) is 0 Å². The van der Waals surface area contributed by atoms with Crippen molar-refractivity contribution in [2.24, 2.45) is 0 Å². The van der Waals surface area contributed by atoms with Crippen LogP contribution in [-0.4, -0.2) is 15.1 Å². The third-order valence-electron chi connectivity index (χ3n) is 2.46. The van der Waals surface area contributed by atoms with Gasteiger partial charge in [-0.1, -0.05) is 0 Å². The fraction of sp³-hybridized carbons (Fsp3) is 0.333. The molecule has 7 heteroatoms. The molecule has 1 unspecified atom stereocenters. The minimum Gasteiger partial charge on any atom is -0.383 e. The summed E-state index contributed by atoms with van der Waals surface area (Å²) >= 11 is 0.448. The van der Waals surface area contributed by atoms with Crippen molar-refractivity contribution in [3.63, 3.8) is 0 Å². The van der Waals surface area contributed by atoms with Gasteiger partial charge in [-0.25, -0.2) is 4.98 Å². The highest BCUT2D eigenvalue weighted by atomic mass is 32.1. The number of pyridine rings is 1. The Morgan fingerprint density at radius 2 is 1.79 bits per heavy atom. The van der Waals surface area contributed by atoms with Crippen LogP contribution in [0.2, 0.25) is 0 Å². The fourth-order valence-corrected chi connectivity index (χ4v) is 2.53. The maximum Gasteiger partial charge on any atom is 0.443 e. The topological polar surface area (TPSA) is 46.0 Å². The van der Waals surface area contributed by atoms with Gasteiger partial charge in [-0.05, 0) is 31.5 Å². The Balaban J connectivity index is 2.33. The Labute approximate surface area is 111 Å². The average Bonchev–Trinajstić information content (AvgIpc) is 2.75. The van der Waals surface area contributed by atoms with Crippen LogP contribution >= 0.6 is 11.3 Å². The molecule has 0 saturated carbocycles. The van der Waals surface area contributed by atoms with E-state index in [9.17, 15) is 18.3 Å². The lowest BCUT2D eigenvalue weighted by atomic mass is 10.1. The number of nitrogens with zero attached hydrogens (tertiary/aromatic N) is 2. The van der Waals surface area contributed by atoms with E-state index < -0.39 is 17.3 Å². The summed E-state index contributed by atoms with van der Waals surface area (Å²) in [5.41, 5.74) is 1.92. The maximum atomic E-state index is 12.5. The van der Waals surface area contributed by atoms with Crippen molar-refractivity contribution in [2.75, 3.05) is 0 Å². The Morgan fingerprint density at radius 1 is 1.21 bits per heavy atom. The van der Waals surface area contributed by atoms with E-state index in [0.29, 0.717) is 28.3 Å². The van der Waals surface area contributed by atoms with Crippen LogP contribution in [0.15, 0.2) is 18.3 Å². The van der Waals surface area contributed by atoms with Crippen LogP contribution in [0.3, 0.4) is 0 Å². The molecule has 102 valence electrons. The third kappa shape index (κ3) is 3.10. The smallest absolute Gasteiger partial charge is 0.383 e. The van der Waals surface area contributed by atoms with Gasteiger partial charge in [0.05, 0.1) is 4.88 Å². The van der Waals surface area contributed by atoms with Gasteiger partial charge in [-0.2, -0.15) is 13.2 Å². The van der Waals surface area contributed by atoms with Gasteiger partial charge in [0.15, 0.2) is 5.01 Å². The SMILES string of the molecule is Cc1cc(C(O)c2cnc(C(F)(F)F)s2)cc(C)n1. The number of aliphatic hydroxyl groups is 1. The molecule has 0 bridgehead atoms. The summed E-state index contributed by atoms with van der Waals surface area (Å²) in [6.45, 7) is 3.52. The van der Waals surface area contributed by atoms with Gasteiger partial charge in [0.1, 0.15) is 6.10 Å². The summed E-state index contributed by atoms with van der Waals surface area (Å²) in [6, 6.07) is 3.29. The van der Waals surface area contributed by atoms with Crippen LogP contribution in [0.1, 0.15) is 32.9 Å². The number of aryl methyl sites for hydroxylation is 2. The standard InChI is InChI=1S/C12H11F3N2OS/c1-6-3-8(4-7(2)17-6)10(18)9-5-16-11(19-9)12(13,14)15/h3-5,10,18H,1-2H3. The van der Waals surface area contributed by atoms with Crippen molar-refractivity contribution in [2.45, 2.75) is 26.1 Å². The zero-order valence-corrected chi connectivity index (χ0v) is 11.0. The van der Waals surface area contributed by atoms with Gasteiger partial charge in [-0.15, -0.1) is 11.3 Å². The Morgan fingerprint density at radius 3 is 2.26 bits per heavy atom. The van der Waals surface area contributed by atoms with E-state index in [0.717, 1.165) is 6.20 Å². The number of hydrogen-bond acceptors (Lipinski definition) is 4. The highest BCUT2D eigenvalue weighted by Gasteiger charge is 2.35. The Bertz CT molecular complexity index is 575. The molecular formula is C12H11F3N2OS. The molecule has 2 rings (SSSR count). The number of rotatable bonds is 2.